The molecule has 0 fully saturated rings. The molecule has 33 heavy (non-hydrogen) atoms. The molecule has 3 aromatic rings. The van der Waals surface area contributed by atoms with E-state index in [0.717, 1.165) is 33.2 Å². The molecule has 0 atom stereocenters. The van der Waals surface area contributed by atoms with Gasteiger partial charge in [0.25, 0.3) is 10.0 Å². The van der Waals surface area contributed by atoms with Crippen LogP contribution in [0.1, 0.15) is 23.6 Å². The van der Waals surface area contributed by atoms with E-state index in [9.17, 15) is 13.2 Å². The topological polar surface area (TPSA) is 75.7 Å². The van der Waals surface area contributed by atoms with Crippen molar-refractivity contribution >= 4 is 21.6 Å². The Morgan fingerprint density at radius 2 is 1.58 bits per heavy atom. The van der Waals surface area contributed by atoms with Crippen molar-refractivity contribution in [1.82, 2.24) is 5.32 Å². The fraction of sp³-hybridized carbons (Fsp3) is 0.269. The lowest BCUT2D eigenvalue weighted by Gasteiger charge is -2.24. The van der Waals surface area contributed by atoms with E-state index in [2.05, 4.69) is 11.4 Å². The maximum Gasteiger partial charge on any atom is 0.264 e. The smallest absolute Gasteiger partial charge is 0.264 e. The van der Waals surface area contributed by atoms with Crippen molar-refractivity contribution < 1.29 is 17.9 Å². The largest absolute Gasteiger partial charge is 0.492 e. The molecule has 0 aliphatic carbocycles. The summed E-state index contributed by atoms with van der Waals surface area (Å²) in [5.74, 6) is 0.337. The van der Waals surface area contributed by atoms with Crippen molar-refractivity contribution in [2.75, 3.05) is 24.0 Å². The van der Waals surface area contributed by atoms with Gasteiger partial charge in [0, 0.05) is 0 Å². The summed E-state index contributed by atoms with van der Waals surface area (Å²) < 4.78 is 33.5. The number of aryl methyl sites for hydroxylation is 3. The van der Waals surface area contributed by atoms with Gasteiger partial charge in [-0.15, -0.1) is 0 Å². The maximum atomic E-state index is 13.3. The molecule has 1 N–H and O–H groups in total. The molecule has 0 bridgehead atoms. The predicted molar refractivity (Wildman–Crippen MR) is 131 cm³/mol. The summed E-state index contributed by atoms with van der Waals surface area (Å²) in [6.45, 7) is 6.24. The number of rotatable bonds is 10. The molecule has 7 heteroatoms. The minimum Gasteiger partial charge on any atom is -0.492 e. The zero-order valence-corrected chi connectivity index (χ0v) is 20.1. The van der Waals surface area contributed by atoms with Crippen molar-refractivity contribution in [3.8, 4) is 5.75 Å². The molecule has 0 aliphatic heterocycles. The summed E-state index contributed by atoms with van der Waals surface area (Å²) >= 11 is 0. The van der Waals surface area contributed by atoms with E-state index < -0.39 is 15.9 Å². The van der Waals surface area contributed by atoms with Gasteiger partial charge in [-0.2, -0.15) is 0 Å². The average Bonchev–Trinajstić information content (AvgIpc) is 2.80. The van der Waals surface area contributed by atoms with Gasteiger partial charge in [-0.1, -0.05) is 43.3 Å². The summed E-state index contributed by atoms with van der Waals surface area (Å²) in [5, 5.41) is 2.76. The molecule has 0 spiro atoms. The lowest BCUT2D eigenvalue weighted by atomic mass is 10.1. The summed E-state index contributed by atoms with van der Waals surface area (Å²) in [6, 6.07) is 21.3. The highest BCUT2D eigenvalue weighted by atomic mass is 32.2. The number of carbonyl (C=O) groups excluding carboxylic acids is 1. The highest BCUT2D eigenvalue weighted by molar-refractivity contribution is 7.92. The van der Waals surface area contributed by atoms with Crippen LogP contribution in [0.2, 0.25) is 0 Å². The zero-order valence-electron chi connectivity index (χ0n) is 19.2. The monoisotopic (exact) mass is 466 g/mol. The van der Waals surface area contributed by atoms with Crippen LogP contribution in [0.3, 0.4) is 0 Å². The third-order valence-corrected chi connectivity index (χ3v) is 6.93. The Balaban J connectivity index is 1.69. The molecule has 174 valence electrons. The van der Waals surface area contributed by atoms with Gasteiger partial charge in [0.15, 0.2) is 0 Å². The van der Waals surface area contributed by atoms with Gasteiger partial charge in [0.2, 0.25) is 5.91 Å². The Labute approximate surface area is 196 Å². The average molecular weight is 467 g/mol. The molecule has 1 amide bonds. The van der Waals surface area contributed by atoms with E-state index in [-0.39, 0.29) is 24.6 Å². The second-order valence-electron chi connectivity index (χ2n) is 7.87. The van der Waals surface area contributed by atoms with Crippen LogP contribution >= 0.6 is 0 Å². The van der Waals surface area contributed by atoms with Gasteiger partial charge in [-0.05, 0) is 73.4 Å². The van der Waals surface area contributed by atoms with Crippen molar-refractivity contribution in [3.05, 3.63) is 89.5 Å². The first-order valence-corrected chi connectivity index (χ1v) is 12.4. The van der Waals surface area contributed by atoms with Gasteiger partial charge in [-0.3, -0.25) is 9.10 Å². The number of nitrogens with one attached hydrogen (secondary N) is 1. The zero-order chi connectivity index (χ0) is 23.8. The van der Waals surface area contributed by atoms with Crippen LogP contribution < -0.4 is 14.4 Å². The fourth-order valence-corrected chi connectivity index (χ4v) is 4.94. The van der Waals surface area contributed by atoms with Crippen LogP contribution in [-0.4, -0.2) is 34.0 Å². The Bertz CT molecular complexity index is 1160. The van der Waals surface area contributed by atoms with Gasteiger partial charge in [0.1, 0.15) is 18.9 Å². The van der Waals surface area contributed by atoms with Crippen molar-refractivity contribution in [2.45, 2.75) is 32.1 Å². The molecule has 0 aromatic heterocycles. The third kappa shape index (κ3) is 6.58. The van der Waals surface area contributed by atoms with Crippen LogP contribution in [0.5, 0.6) is 5.75 Å². The number of hydrogen-bond donors (Lipinski definition) is 1. The Kier molecular flexibility index (Phi) is 8.11. The number of ether oxygens (including phenoxy) is 1. The Morgan fingerprint density at radius 1 is 0.939 bits per heavy atom. The van der Waals surface area contributed by atoms with Crippen molar-refractivity contribution in [2.24, 2.45) is 0 Å². The number of carbonyl (C=O) groups is 1. The molecule has 0 heterocycles. The van der Waals surface area contributed by atoms with Crippen LogP contribution in [0, 0.1) is 13.8 Å². The van der Waals surface area contributed by atoms with E-state index in [1.54, 1.807) is 30.3 Å². The van der Waals surface area contributed by atoms with Crippen LogP contribution in [0.25, 0.3) is 0 Å². The van der Waals surface area contributed by atoms with Crippen LogP contribution in [-0.2, 0) is 21.2 Å². The maximum absolute atomic E-state index is 13.3. The van der Waals surface area contributed by atoms with Gasteiger partial charge >= 0.3 is 0 Å². The first-order valence-electron chi connectivity index (χ1n) is 10.9. The first kappa shape index (κ1) is 24.3. The molecule has 0 unspecified atom stereocenters. The van der Waals surface area contributed by atoms with E-state index in [1.165, 1.54) is 12.1 Å². The quantitative estimate of drug-likeness (QED) is 0.453. The second-order valence-corrected chi connectivity index (χ2v) is 9.73. The summed E-state index contributed by atoms with van der Waals surface area (Å²) in [6.07, 6.45) is 0.840. The number of nitrogens with zero attached hydrogens (tertiary/aromatic N) is 1. The predicted octanol–water partition coefficient (Wildman–Crippen LogP) is 4.26. The molecule has 3 rings (SSSR count). The lowest BCUT2D eigenvalue weighted by Crippen LogP contribution is -2.41. The number of anilines is 1. The van der Waals surface area contributed by atoms with E-state index in [1.807, 2.05) is 45.0 Å². The third-order valence-electron chi connectivity index (χ3n) is 5.14. The number of amides is 1. The minimum atomic E-state index is -3.91. The van der Waals surface area contributed by atoms with E-state index in [0.29, 0.717) is 5.69 Å². The molecular formula is C26H30N2O4S. The van der Waals surface area contributed by atoms with Gasteiger partial charge in [-0.25, -0.2) is 8.42 Å². The van der Waals surface area contributed by atoms with Crippen molar-refractivity contribution in [3.63, 3.8) is 0 Å². The minimum absolute atomic E-state index is 0.135. The normalized spacial score (nSPS) is 11.1. The van der Waals surface area contributed by atoms with Gasteiger partial charge < -0.3 is 10.1 Å². The summed E-state index contributed by atoms with van der Waals surface area (Å²) in [7, 11) is -3.91. The van der Waals surface area contributed by atoms with Crippen LogP contribution in [0.4, 0.5) is 5.69 Å². The SMILES string of the molecule is CCc1ccc(N(CC(=O)NCCOc2cc(C)cc(C)c2)S(=O)(=O)c2ccccc2)cc1. The molecule has 0 aliphatic rings. The summed E-state index contributed by atoms with van der Waals surface area (Å²) in [4.78, 5) is 12.8. The molecule has 3 aromatic carbocycles. The molecule has 0 radical (unpaired) electrons. The second kappa shape index (κ2) is 11.0. The van der Waals surface area contributed by atoms with Crippen LogP contribution in [0.15, 0.2) is 77.7 Å². The number of benzene rings is 3. The lowest BCUT2D eigenvalue weighted by molar-refractivity contribution is -0.119. The first-order chi connectivity index (χ1) is 15.8. The molecule has 6 nitrogen and oxygen atoms in total. The summed E-state index contributed by atoms with van der Waals surface area (Å²) in [5.41, 5.74) is 3.73. The van der Waals surface area contributed by atoms with E-state index >= 15 is 0 Å². The molecule has 0 saturated carbocycles. The fourth-order valence-electron chi connectivity index (χ4n) is 3.49. The highest BCUT2D eigenvalue weighted by Crippen LogP contribution is 2.24. The highest BCUT2D eigenvalue weighted by Gasteiger charge is 2.27. The van der Waals surface area contributed by atoms with Gasteiger partial charge in [0.05, 0.1) is 17.1 Å². The van der Waals surface area contributed by atoms with Crippen molar-refractivity contribution in [1.29, 1.82) is 0 Å². The van der Waals surface area contributed by atoms with E-state index in [4.69, 9.17) is 4.74 Å². The number of sulfonamides is 1. The molecular weight excluding hydrogens is 436 g/mol. The number of hydrogen-bond acceptors (Lipinski definition) is 4. The molecule has 0 saturated heterocycles. The Morgan fingerprint density at radius 3 is 2.18 bits per heavy atom. The Hall–Kier alpha value is -3.32. The standard InChI is InChI=1S/C26H30N2O4S/c1-4-22-10-12-23(13-11-22)28(33(30,31)25-8-6-5-7-9-25)19-26(29)27-14-15-32-24-17-20(2)16-21(3)18-24/h5-13,16-18H,4,14-15,19H2,1-3H3,(H,27,29).